The fraction of sp³-hybridized carbons (Fsp3) is 0.273. The highest BCUT2D eigenvalue weighted by Crippen LogP contribution is 2.06. The lowest BCUT2D eigenvalue weighted by atomic mass is 10.1. The Morgan fingerprint density at radius 1 is 1.21 bits per heavy atom. The molecule has 0 bridgehead atoms. The maximum atomic E-state index is 11.6. The fourth-order valence-corrected chi connectivity index (χ4v) is 1.48. The van der Waals surface area contributed by atoms with Crippen molar-refractivity contribution in [3.8, 4) is 0 Å². The standard InChI is InChI=1S/C11H11NO2/c13-10-6-12(7-10)8-11(14)9-4-2-1-3-5-9/h1-5H,6-8H2. The molecular weight excluding hydrogens is 178 g/mol. The molecule has 1 saturated heterocycles. The van der Waals surface area contributed by atoms with Crippen molar-refractivity contribution < 1.29 is 9.59 Å². The van der Waals surface area contributed by atoms with Gasteiger partial charge in [0, 0.05) is 5.56 Å². The zero-order valence-corrected chi connectivity index (χ0v) is 7.77. The van der Waals surface area contributed by atoms with Gasteiger partial charge in [-0.3, -0.25) is 14.5 Å². The van der Waals surface area contributed by atoms with Gasteiger partial charge in [-0.2, -0.15) is 0 Å². The van der Waals surface area contributed by atoms with E-state index in [0.717, 1.165) is 0 Å². The van der Waals surface area contributed by atoms with E-state index < -0.39 is 0 Å². The molecule has 72 valence electrons. The van der Waals surface area contributed by atoms with Crippen LogP contribution in [0.2, 0.25) is 0 Å². The van der Waals surface area contributed by atoms with Gasteiger partial charge in [-0.05, 0) is 0 Å². The Morgan fingerprint density at radius 3 is 2.43 bits per heavy atom. The summed E-state index contributed by atoms with van der Waals surface area (Å²) in [4.78, 5) is 24.1. The fourth-order valence-electron chi connectivity index (χ4n) is 1.48. The van der Waals surface area contributed by atoms with Crippen LogP contribution in [0.1, 0.15) is 10.4 Å². The highest BCUT2D eigenvalue weighted by Gasteiger charge is 2.25. The molecule has 1 aliphatic heterocycles. The van der Waals surface area contributed by atoms with Gasteiger partial charge in [0.15, 0.2) is 11.6 Å². The first-order valence-electron chi connectivity index (χ1n) is 4.58. The molecule has 1 aliphatic rings. The number of benzene rings is 1. The normalized spacial score (nSPS) is 16.4. The second-order valence-corrected chi connectivity index (χ2v) is 3.47. The van der Waals surface area contributed by atoms with E-state index in [9.17, 15) is 9.59 Å². The predicted octanol–water partition coefficient (Wildman–Crippen LogP) is 0.754. The minimum Gasteiger partial charge on any atom is -0.297 e. The lowest BCUT2D eigenvalue weighted by molar-refractivity contribution is -0.128. The number of nitrogens with zero attached hydrogens (tertiary/aromatic N) is 1. The topological polar surface area (TPSA) is 37.4 Å². The Bertz CT molecular complexity index is 351. The highest BCUT2D eigenvalue weighted by atomic mass is 16.1. The van der Waals surface area contributed by atoms with Crippen LogP contribution in [0.15, 0.2) is 30.3 Å². The summed E-state index contributed by atoms with van der Waals surface area (Å²) >= 11 is 0. The van der Waals surface area contributed by atoms with Crippen molar-refractivity contribution >= 4 is 11.6 Å². The Morgan fingerprint density at radius 2 is 1.86 bits per heavy atom. The van der Waals surface area contributed by atoms with E-state index in [4.69, 9.17) is 0 Å². The van der Waals surface area contributed by atoms with Crippen molar-refractivity contribution in [2.24, 2.45) is 0 Å². The molecule has 3 heteroatoms. The van der Waals surface area contributed by atoms with Crippen LogP contribution >= 0.6 is 0 Å². The molecule has 0 aromatic heterocycles. The number of ketones is 2. The zero-order chi connectivity index (χ0) is 9.97. The second kappa shape index (κ2) is 3.72. The third-order valence-electron chi connectivity index (χ3n) is 2.26. The number of Topliss-reactive ketones (excluding diaryl/α,β-unsaturated/α-hetero) is 2. The maximum absolute atomic E-state index is 11.6. The second-order valence-electron chi connectivity index (χ2n) is 3.47. The van der Waals surface area contributed by atoms with E-state index in [0.29, 0.717) is 25.2 Å². The molecule has 0 N–H and O–H groups in total. The Hall–Kier alpha value is -1.48. The molecule has 1 aromatic rings. The molecule has 0 spiro atoms. The summed E-state index contributed by atoms with van der Waals surface area (Å²) in [6, 6.07) is 9.15. The third kappa shape index (κ3) is 1.88. The number of carbonyl (C=O) groups excluding carboxylic acids is 2. The molecule has 0 atom stereocenters. The number of hydrogen-bond acceptors (Lipinski definition) is 3. The van der Waals surface area contributed by atoms with Gasteiger partial charge in [-0.25, -0.2) is 0 Å². The van der Waals surface area contributed by atoms with Crippen LogP contribution in [0.4, 0.5) is 0 Å². The Kier molecular flexibility index (Phi) is 2.41. The first kappa shape index (κ1) is 9.09. The van der Waals surface area contributed by atoms with Gasteiger partial charge in [0.1, 0.15) is 0 Å². The lowest BCUT2D eigenvalue weighted by Gasteiger charge is -2.28. The molecule has 0 radical (unpaired) electrons. The zero-order valence-electron chi connectivity index (χ0n) is 7.77. The summed E-state index contributed by atoms with van der Waals surface area (Å²) < 4.78 is 0. The van der Waals surface area contributed by atoms with Gasteiger partial charge < -0.3 is 0 Å². The van der Waals surface area contributed by atoms with Gasteiger partial charge in [0.05, 0.1) is 19.6 Å². The van der Waals surface area contributed by atoms with Gasteiger partial charge in [-0.15, -0.1) is 0 Å². The molecule has 2 rings (SSSR count). The van der Waals surface area contributed by atoms with Crippen molar-refractivity contribution in [2.75, 3.05) is 19.6 Å². The van der Waals surface area contributed by atoms with Crippen molar-refractivity contribution in [2.45, 2.75) is 0 Å². The summed E-state index contributed by atoms with van der Waals surface area (Å²) in [5.41, 5.74) is 0.715. The van der Waals surface area contributed by atoms with Gasteiger partial charge in [-0.1, -0.05) is 30.3 Å². The summed E-state index contributed by atoms with van der Waals surface area (Å²) in [5, 5.41) is 0. The number of likely N-dealkylation sites (tertiary alicyclic amines) is 1. The molecule has 1 heterocycles. The van der Waals surface area contributed by atoms with Crippen molar-refractivity contribution in [3.63, 3.8) is 0 Å². The Labute approximate surface area is 82.3 Å². The van der Waals surface area contributed by atoms with E-state index in [1.165, 1.54) is 0 Å². The Balaban J connectivity index is 1.93. The van der Waals surface area contributed by atoms with Gasteiger partial charge in [0.2, 0.25) is 0 Å². The molecule has 14 heavy (non-hydrogen) atoms. The van der Waals surface area contributed by atoms with Crippen LogP contribution in [0.3, 0.4) is 0 Å². The van der Waals surface area contributed by atoms with Crippen LogP contribution in [-0.4, -0.2) is 36.1 Å². The van der Waals surface area contributed by atoms with Gasteiger partial charge in [0.25, 0.3) is 0 Å². The molecule has 0 saturated carbocycles. The monoisotopic (exact) mass is 189 g/mol. The van der Waals surface area contributed by atoms with E-state index >= 15 is 0 Å². The summed E-state index contributed by atoms with van der Waals surface area (Å²) in [6.45, 7) is 1.22. The van der Waals surface area contributed by atoms with E-state index in [1.807, 2.05) is 23.1 Å². The number of carbonyl (C=O) groups is 2. The van der Waals surface area contributed by atoms with Crippen LogP contribution in [0.5, 0.6) is 0 Å². The van der Waals surface area contributed by atoms with E-state index in [-0.39, 0.29) is 11.6 Å². The van der Waals surface area contributed by atoms with Crippen molar-refractivity contribution in [1.82, 2.24) is 4.90 Å². The SMILES string of the molecule is O=C1CN(CC(=O)c2ccccc2)C1. The van der Waals surface area contributed by atoms with Crippen molar-refractivity contribution in [3.05, 3.63) is 35.9 Å². The average Bonchev–Trinajstić information content (AvgIpc) is 2.17. The maximum Gasteiger partial charge on any atom is 0.176 e. The summed E-state index contributed by atoms with van der Waals surface area (Å²) in [5.74, 6) is 0.295. The van der Waals surface area contributed by atoms with E-state index in [2.05, 4.69) is 0 Å². The number of hydrogen-bond donors (Lipinski definition) is 0. The molecular formula is C11H11NO2. The highest BCUT2D eigenvalue weighted by molar-refractivity contribution is 5.99. The quantitative estimate of drug-likeness (QED) is 0.658. The molecule has 0 aliphatic carbocycles. The molecule has 1 aromatic carbocycles. The molecule has 0 unspecified atom stereocenters. The summed E-state index contributed by atoms with van der Waals surface area (Å²) in [6.07, 6.45) is 0. The number of rotatable bonds is 3. The van der Waals surface area contributed by atoms with Crippen LogP contribution in [0.25, 0.3) is 0 Å². The molecule has 1 fully saturated rings. The minimum atomic E-state index is 0.0816. The van der Waals surface area contributed by atoms with Gasteiger partial charge >= 0.3 is 0 Å². The van der Waals surface area contributed by atoms with Crippen LogP contribution in [-0.2, 0) is 4.79 Å². The smallest absolute Gasteiger partial charge is 0.176 e. The third-order valence-corrected chi connectivity index (χ3v) is 2.26. The van der Waals surface area contributed by atoms with Crippen molar-refractivity contribution in [1.29, 1.82) is 0 Å². The van der Waals surface area contributed by atoms with E-state index in [1.54, 1.807) is 12.1 Å². The minimum absolute atomic E-state index is 0.0816. The average molecular weight is 189 g/mol. The summed E-state index contributed by atoms with van der Waals surface area (Å²) in [7, 11) is 0. The van der Waals surface area contributed by atoms with Crippen LogP contribution < -0.4 is 0 Å². The first-order chi connectivity index (χ1) is 6.75. The molecule has 3 nitrogen and oxygen atoms in total. The van der Waals surface area contributed by atoms with Crippen LogP contribution in [0, 0.1) is 0 Å². The molecule has 0 amide bonds. The largest absolute Gasteiger partial charge is 0.297 e. The first-order valence-corrected chi connectivity index (χ1v) is 4.58. The lowest BCUT2D eigenvalue weighted by Crippen LogP contribution is -2.49. The predicted molar refractivity (Wildman–Crippen MR) is 52.2 cm³/mol.